The molecule has 1 aliphatic rings. The average molecular weight is 488 g/mol. The first-order valence-electron chi connectivity index (χ1n) is 10.6. The van der Waals surface area contributed by atoms with Gasteiger partial charge < -0.3 is 14.2 Å². The maximum Gasteiger partial charge on any atom is 0.290 e. The van der Waals surface area contributed by atoms with Gasteiger partial charge in [0.1, 0.15) is 11.4 Å². The van der Waals surface area contributed by atoms with Crippen molar-refractivity contribution >= 4 is 32.8 Å². The number of hydrogen-bond donors (Lipinski definition) is 1. The van der Waals surface area contributed by atoms with E-state index in [4.69, 9.17) is 4.42 Å². The van der Waals surface area contributed by atoms with E-state index in [1.807, 2.05) is 0 Å². The number of nitrogens with zero attached hydrogens (tertiary/aromatic N) is 1. The van der Waals surface area contributed by atoms with Crippen LogP contribution in [0, 0.1) is 5.82 Å². The van der Waals surface area contributed by atoms with Crippen molar-refractivity contribution in [1.29, 1.82) is 0 Å². The van der Waals surface area contributed by atoms with Crippen LogP contribution in [0.4, 0.5) is 4.39 Å². The van der Waals surface area contributed by atoms with Crippen LogP contribution in [0.15, 0.2) is 56.1 Å². The first-order chi connectivity index (χ1) is 14.9. The van der Waals surface area contributed by atoms with Gasteiger partial charge in [-0.15, -0.1) is 0 Å². The molecule has 0 fully saturated rings. The van der Waals surface area contributed by atoms with Crippen molar-refractivity contribution in [1.82, 2.24) is 4.90 Å². The van der Waals surface area contributed by atoms with Gasteiger partial charge in [0.05, 0.1) is 36.6 Å². The fraction of sp³-hybridized carbons (Fsp3) is 0.333. The van der Waals surface area contributed by atoms with Crippen LogP contribution in [-0.2, 0) is 0 Å². The van der Waals surface area contributed by atoms with E-state index in [0.29, 0.717) is 23.1 Å². The van der Waals surface area contributed by atoms with Crippen molar-refractivity contribution in [2.24, 2.45) is 0 Å². The molecule has 0 spiro atoms. The number of amides is 1. The molecule has 1 N–H and O–H groups in total. The molecule has 162 valence electrons. The zero-order chi connectivity index (χ0) is 22.1. The van der Waals surface area contributed by atoms with Crippen LogP contribution in [0.1, 0.15) is 48.0 Å². The number of fused-ring (bicyclic) bond motifs is 2. The largest absolute Gasteiger partial charge is 0.450 e. The first-order valence-corrected chi connectivity index (χ1v) is 11.4. The van der Waals surface area contributed by atoms with Gasteiger partial charge in [0.25, 0.3) is 5.91 Å². The normalized spacial score (nSPS) is 15.8. The fourth-order valence-corrected chi connectivity index (χ4v) is 4.71. The Labute approximate surface area is 188 Å². The summed E-state index contributed by atoms with van der Waals surface area (Å²) < 4.78 is 20.7. The highest BCUT2D eigenvalue weighted by Crippen LogP contribution is 2.38. The Morgan fingerprint density at radius 3 is 2.61 bits per heavy atom. The van der Waals surface area contributed by atoms with Crippen molar-refractivity contribution in [2.45, 2.75) is 26.3 Å². The minimum atomic E-state index is -0.662. The first kappa shape index (κ1) is 21.7. The second-order valence-corrected chi connectivity index (χ2v) is 8.75. The molecule has 0 radical (unpaired) electrons. The van der Waals surface area contributed by atoms with Crippen molar-refractivity contribution < 1.29 is 18.5 Å². The highest BCUT2D eigenvalue weighted by atomic mass is 79.9. The molecule has 1 unspecified atom stereocenters. The Morgan fingerprint density at radius 1 is 1.13 bits per heavy atom. The maximum atomic E-state index is 14.1. The fourth-order valence-electron chi connectivity index (χ4n) is 4.35. The summed E-state index contributed by atoms with van der Waals surface area (Å²) in [6, 6.07) is 10.6. The van der Waals surface area contributed by atoms with Crippen molar-refractivity contribution in [2.75, 3.05) is 26.2 Å². The van der Waals surface area contributed by atoms with Gasteiger partial charge in [0.15, 0.2) is 5.43 Å². The minimum absolute atomic E-state index is 0.0595. The Hall–Kier alpha value is -2.51. The van der Waals surface area contributed by atoms with Gasteiger partial charge in [-0.1, -0.05) is 28.1 Å². The SMILES string of the molecule is CC[NH+](CC)CCCN1C(=O)c2oc3ccc(Br)cc3c(=O)c2C1c1cccc(F)c1. The van der Waals surface area contributed by atoms with E-state index < -0.39 is 11.9 Å². The van der Waals surface area contributed by atoms with Gasteiger partial charge in [-0.2, -0.15) is 0 Å². The number of halogens is 2. The molecule has 1 atom stereocenters. The molecule has 0 saturated carbocycles. The lowest BCUT2D eigenvalue weighted by atomic mass is 9.98. The molecular weight excluding hydrogens is 463 g/mol. The third kappa shape index (κ3) is 4.04. The predicted octanol–water partition coefficient (Wildman–Crippen LogP) is 3.55. The van der Waals surface area contributed by atoms with E-state index in [9.17, 15) is 14.0 Å². The number of nitrogens with one attached hydrogen (secondary N) is 1. The lowest BCUT2D eigenvalue weighted by Crippen LogP contribution is -3.11. The summed E-state index contributed by atoms with van der Waals surface area (Å²) in [4.78, 5) is 29.9. The Morgan fingerprint density at radius 2 is 1.90 bits per heavy atom. The molecule has 7 heteroatoms. The number of rotatable bonds is 7. The Balaban J connectivity index is 1.81. The number of carbonyl (C=O) groups excluding carboxylic acids is 1. The zero-order valence-corrected chi connectivity index (χ0v) is 19.2. The van der Waals surface area contributed by atoms with Gasteiger partial charge in [0.2, 0.25) is 5.76 Å². The van der Waals surface area contributed by atoms with E-state index >= 15 is 0 Å². The summed E-state index contributed by atoms with van der Waals surface area (Å²) in [6.45, 7) is 7.68. The summed E-state index contributed by atoms with van der Waals surface area (Å²) in [7, 11) is 0. The monoisotopic (exact) mass is 487 g/mol. The molecule has 1 aromatic heterocycles. The second kappa shape index (κ2) is 8.93. The van der Waals surface area contributed by atoms with Gasteiger partial charge in [-0.3, -0.25) is 9.59 Å². The van der Waals surface area contributed by atoms with Crippen molar-refractivity contribution in [3.63, 3.8) is 0 Å². The highest BCUT2D eigenvalue weighted by Gasteiger charge is 2.42. The zero-order valence-electron chi connectivity index (χ0n) is 17.6. The molecule has 4 rings (SSSR count). The molecule has 1 aliphatic heterocycles. The van der Waals surface area contributed by atoms with Crippen LogP contribution >= 0.6 is 15.9 Å². The van der Waals surface area contributed by atoms with Crippen LogP contribution in [0.25, 0.3) is 11.0 Å². The smallest absolute Gasteiger partial charge is 0.290 e. The number of benzene rings is 2. The lowest BCUT2D eigenvalue weighted by molar-refractivity contribution is -0.896. The number of hydrogen-bond acceptors (Lipinski definition) is 3. The third-order valence-electron chi connectivity index (χ3n) is 6.02. The standard InChI is InChI=1S/C24H24BrFN2O3/c1-3-27(4-2)11-6-12-28-21(15-7-5-8-17(26)13-15)20-22(29)18-14-16(25)9-10-19(18)31-23(20)24(28)30/h5,7-10,13-14,21H,3-4,6,11-12H2,1-2H3/p+1. The topological polar surface area (TPSA) is 55.0 Å². The Bertz CT molecular complexity index is 1190. The molecule has 0 saturated heterocycles. The summed E-state index contributed by atoms with van der Waals surface area (Å²) in [5, 5.41) is 0.400. The lowest BCUT2D eigenvalue weighted by Gasteiger charge is -2.26. The molecule has 2 aromatic carbocycles. The molecule has 31 heavy (non-hydrogen) atoms. The Kier molecular flexibility index (Phi) is 6.25. The maximum absolute atomic E-state index is 14.1. The van der Waals surface area contributed by atoms with Crippen molar-refractivity contribution in [3.05, 3.63) is 79.9 Å². The van der Waals surface area contributed by atoms with Crippen LogP contribution in [0.3, 0.4) is 0 Å². The van der Waals surface area contributed by atoms with Crippen LogP contribution < -0.4 is 10.3 Å². The molecule has 2 heterocycles. The quantitative estimate of drug-likeness (QED) is 0.554. The van der Waals surface area contributed by atoms with Gasteiger partial charge in [-0.05, 0) is 49.7 Å². The molecular formula is C24H25BrFN2O3+. The number of quaternary nitrogens is 1. The summed E-state index contributed by atoms with van der Waals surface area (Å²) >= 11 is 3.39. The highest BCUT2D eigenvalue weighted by molar-refractivity contribution is 9.10. The van der Waals surface area contributed by atoms with E-state index in [1.54, 1.807) is 35.2 Å². The van der Waals surface area contributed by atoms with Crippen molar-refractivity contribution in [3.8, 4) is 0 Å². The van der Waals surface area contributed by atoms with Gasteiger partial charge >= 0.3 is 0 Å². The average Bonchev–Trinajstić information content (AvgIpc) is 3.04. The molecule has 3 aromatic rings. The second-order valence-electron chi connectivity index (χ2n) is 7.83. The predicted molar refractivity (Wildman–Crippen MR) is 121 cm³/mol. The molecule has 1 amide bonds. The number of carbonyl (C=O) groups is 1. The van der Waals surface area contributed by atoms with E-state index in [-0.39, 0.29) is 22.7 Å². The third-order valence-corrected chi connectivity index (χ3v) is 6.51. The molecule has 0 bridgehead atoms. The minimum Gasteiger partial charge on any atom is -0.450 e. The van der Waals surface area contributed by atoms with Gasteiger partial charge in [-0.25, -0.2) is 4.39 Å². The van der Waals surface area contributed by atoms with Crippen LogP contribution in [0.5, 0.6) is 0 Å². The summed E-state index contributed by atoms with van der Waals surface area (Å²) in [5.41, 5.74) is 0.977. The van der Waals surface area contributed by atoms with Gasteiger partial charge in [0, 0.05) is 17.4 Å². The summed E-state index contributed by atoms with van der Waals surface area (Å²) in [6.07, 6.45) is 0.780. The van der Waals surface area contributed by atoms with E-state index in [1.165, 1.54) is 17.0 Å². The molecule has 0 aliphatic carbocycles. The van der Waals surface area contributed by atoms with Crippen LogP contribution in [-0.4, -0.2) is 37.0 Å². The van der Waals surface area contributed by atoms with E-state index in [0.717, 1.165) is 30.5 Å². The molecule has 5 nitrogen and oxygen atoms in total. The van der Waals surface area contributed by atoms with E-state index in [2.05, 4.69) is 29.8 Å². The van der Waals surface area contributed by atoms with Crippen LogP contribution in [0.2, 0.25) is 0 Å². The summed E-state index contributed by atoms with van der Waals surface area (Å²) in [5.74, 6) is -0.663.